The van der Waals surface area contributed by atoms with Crippen molar-refractivity contribution in [2.24, 2.45) is 44.0 Å². The first-order valence-electron chi connectivity index (χ1n) is 13.3. The molecule has 2 atom stereocenters. The van der Waals surface area contributed by atoms with Crippen LogP contribution in [0.1, 0.15) is 95.9 Å². The molecule has 0 saturated heterocycles. The van der Waals surface area contributed by atoms with Gasteiger partial charge in [-0.15, -0.1) is 0 Å². The minimum absolute atomic E-state index is 0.148. The number of hydrogen-bond acceptors (Lipinski definition) is 5. The maximum atomic E-state index is 12.1. The van der Waals surface area contributed by atoms with Crippen LogP contribution < -0.4 is 11.5 Å². The van der Waals surface area contributed by atoms with E-state index in [9.17, 15) is 14.7 Å². The predicted molar refractivity (Wildman–Crippen MR) is 156 cm³/mol. The molecule has 0 saturated carbocycles. The number of allylic oxidation sites excluding steroid dienone is 6. The van der Waals surface area contributed by atoms with E-state index >= 15 is 0 Å². The maximum absolute atomic E-state index is 12.1. The second-order valence-corrected chi connectivity index (χ2v) is 18.4. The molecule has 0 radical (unpaired) electrons. The molecule has 5 nitrogen and oxygen atoms in total. The number of nitrogens with two attached hydrogens (primary N) is 2. The molecule has 0 aromatic rings. The van der Waals surface area contributed by atoms with Crippen LogP contribution in [0.2, 0.25) is 0 Å². The molecular formula is C30H55N2O3P. The Morgan fingerprint density at radius 1 is 0.639 bits per heavy atom. The van der Waals surface area contributed by atoms with Crippen LogP contribution in [-0.4, -0.2) is 27.8 Å². The first-order valence-corrected chi connectivity index (χ1v) is 15.4. The Balaban J connectivity index is 2.91. The third-order valence-corrected chi connectivity index (χ3v) is 11.7. The van der Waals surface area contributed by atoms with Crippen molar-refractivity contribution in [3.8, 4) is 0 Å². The summed E-state index contributed by atoms with van der Waals surface area (Å²) in [5.41, 5.74) is 12.5. The Hall–Kier alpha value is -0.810. The predicted octanol–water partition coefficient (Wildman–Crippen LogP) is 6.76. The molecule has 0 fully saturated rings. The molecule has 0 aromatic carbocycles. The molecule has 2 aliphatic rings. The van der Waals surface area contributed by atoms with Gasteiger partial charge in [-0.2, -0.15) is 0 Å². The van der Waals surface area contributed by atoms with Crippen molar-refractivity contribution in [3.05, 3.63) is 46.1 Å². The standard InChI is InChI=1S/C30H55N2O3P/c1-25(2,3)21-17-29(19-31,27(7,8)9)15-13-23(21)36(33,34,35)24-14-16-30(20-32,28(10,11)12)18-22(24)26(4,5)6/h13-16,33-35H,17-20,31-32H2,1-12H3. The molecule has 208 valence electrons. The Bertz CT molecular complexity index is 920. The number of hydrogen-bond donors (Lipinski definition) is 5. The average molecular weight is 523 g/mol. The van der Waals surface area contributed by atoms with Gasteiger partial charge >= 0.3 is 221 Å². The SMILES string of the molecule is CC(C)(C)C1=C(P(O)(O)(O)C2=C(C(C)(C)C)CC(CN)(C(C)(C)C)C=C2)C=CC(CN)(C(C)(C)C)C1. The van der Waals surface area contributed by atoms with Gasteiger partial charge < -0.3 is 0 Å². The molecule has 0 spiro atoms. The first-order chi connectivity index (χ1) is 15.8. The summed E-state index contributed by atoms with van der Waals surface area (Å²) in [6.07, 6.45) is 8.64. The van der Waals surface area contributed by atoms with Gasteiger partial charge in [-0.1, -0.05) is 0 Å². The van der Waals surface area contributed by atoms with E-state index < -0.39 is 18.1 Å². The second kappa shape index (κ2) is 8.86. The Morgan fingerprint density at radius 2 is 0.917 bits per heavy atom. The molecule has 2 rings (SSSR count). The Morgan fingerprint density at radius 3 is 1.11 bits per heavy atom. The second-order valence-electron chi connectivity index (χ2n) is 15.4. The van der Waals surface area contributed by atoms with Crippen molar-refractivity contribution in [3.63, 3.8) is 0 Å². The molecule has 0 heterocycles. The van der Waals surface area contributed by atoms with E-state index in [0.29, 0.717) is 25.9 Å². The molecule has 2 unspecified atom stereocenters. The fourth-order valence-electron chi connectivity index (χ4n) is 5.73. The molecule has 0 aromatic heterocycles. The summed E-state index contributed by atoms with van der Waals surface area (Å²) in [4.78, 5) is 36.4. The van der Waals surface area contributed by atoms with Crippen LogP contribution in [0.25, 0.3) is 0 Å². The van der Waals surface area contributed by atoms with Crippen LogP contribution in [0.3, 0.4) is 0 Å². The zero-order chi connectivity index (χ0) is 28.4. The molecule has 0 aliphatic heterocycles. The van der Waals surface area contributed by atoms with Gasteiger partial charge in [-0.3, -0.25) is 0 Å². The molecule has 36 heavy (non-hydrogen) atoms. The average Bonchev–Trinajstić information content (AvgIpc) is 2.69. The summed E-state index contributed by atoms with van der Waals surface area (Å²) in [7, 11) is -5.52. The van der Waals surface area contributed by atoms with Crippen molar-refractivity contribution in [2.75, 3.05) is 13.1 Å². The van der Waals surface area contributed by atoms with E-state index in [-0.39, 0.29) is 32.3 Å². The van der Waals surface area contributed by atoms with E-state index in [1.807, 2.05) is 12.2 Å². The quantitative estimate of drug-likeness (QED) is 0.262. The summed E-state index contributed by atoms with van der Waals surface area (Å²) in [6, 6.07) is 0. The Kier molecular flexibility index (Phi) is 7.73. The van der Waals surface area contributed by atoms with Crippen LogP contribution in [0.4, 0.5) is 0 Å². The van der Waals surface area contributed by atoms with E-state index in [4.69, 9.17) is 11.5 Å². The van der Waals surface area contributed by atoms with Gasteiger partial charge in [0.15, 0.2) is 0 Å². The van der Waals surface area contributed by atoms with E-state index in [1.54, 1.807) is 12.2 Å². The molecular weight excluding hydrogens is 467 g/mol. The van der Waals surface area contributed by atoms with Gasteiger partial charge in [0, 0.05) is 0 Å². The fourth-order valence-corrected chi connectivity index (χ4v) is 8.51. The summed E-state index contributed by atoms with van der Waals surface area (Å²) in [5, 5.41) is 0.499. The van der Waals surface area contributed by atoms with Gasteiger partial charge in [-0.05, 0) is 0 Å². The molecule has 7 N–H and O–H groups in total. The molecule has 0 amide bonds. The minimum atomic E-state index is -5.52. The fraction of sp³-hybridized carbons (Fsp3) is 0.733. The van der Waals surface area contributed by atoms with Crippen LogP contribution in [0.5, 0.6) is 0 Å². The van der Waals surface area contributed by atoms with Crippen LogP contribution in [0, 0.1) is 32.5 Å². The molecule has 2 aliphatic carbocycles. The summed E-state index contributed by atoms with van der Waals surface area (Å²) < 4.78 is 0. The van der Waals surface area contributed by atoms with Crippen molar-refractivity contribution in [1.82, 2.24) is 0 Å². The zero-order valence-electron chi connectivity index (χ0n) is 25.1. The zero-order valence-corrected chi connectivity index (χ0v) is 26.0. The first kappa shape index (κ1) is 31.4. The summed E-state index contributed by atoms with van der Waals surface area (Å²) >= 11 is 0. The van der Waals surface area contributed by atoms with Crippen LogP contribution >= 0.6 is 7.28 Å². The monoisotopic (exact) mass is 522 g/mol. The van der Waals surface area contributed by atoms with Gasteiger partial charge in [-0.25, -0.2) is 0 Å². The van der Waals surface area contributed by atoms with Gasteiger partial charge in [0.2, 0.25) is 0 Å². The van der Waals surface area contributed by atoms with Gasteiger partial charge in [0.1, 0.15) is 0 Å². The van der Waals surface area contributed by atoms with E-state index in [0.717, 1.165) is 11.1 Å². The van der Waals surface area contributed by atoms with E-state index in [2.05, 4.69) is 83.1 Å². The number of rotatable bonds is 4. The Labute approximate surface area is 221 Å². The van der Waals surface area contributed by atoms with Crippen molar-refractivity contribution >= 4 is 7.28 Å². The van der Waals surface area contributed by atoms with Crippen LogP contribution in [0.15, 0.2) is 46.1 Å². The summed E-state index contributed by atoms with van der Waals surface area (Å²) in [5.74, 6) is 0. The van der Waals surface area contributed by atoms with E-state index in [1.165, 1.54) is 0 Å². The van der Waals surface area contributed by atoms with Crippen molar-refractivity contribution in [1.29, 1.82) is 0 Å². The molecule has 6 heteroatoms. The molecule has 0 bridgehead atoms. The van der Waals surface area contributed by atoms with Crippen LogP contribution in [-0.2, 0) is 0 Å². The topological polar surface area (TPSA) is 113 Å². The normalized spacial score (nSPS) is 28.0. The van der Waals surface area contributed by atoms with Crippen molar-refractivity contribution < 1.29 is 14.7 Å². The third-order valence-electron chi connectivity index (χ3n) is 9.14. The van der Waals surface area contributed by atoms with Gasteiger partial charge in [0.05, 0.1) is 0 Å². The third kappa shape index (κ3) is 5.22. The van der Waals surface area contributed by atoms with Gasteiger partial charge in [0.25, 0.3) is 0 Å². The summed E-state index contributed by atoms with van der Waals surface area (Å²) in [6.45, 7) is 26.2. The van der Waals surface area contributed by atoms with Crippen molar-refractivity contribution in [2.45, 2.75) is 95.9 Å².